The van der Waals surface area contributed by atoms with Crippen LogP contribution in [-0.2, 0) is 21.2 Å². The zero-order chi connectivity index (χ0) is 23.4. The summed E-state index contributed by atoms with van der Waals surface area (Å²) in [4.78, 5) is 18.3. The van der Waals surface area contributed by atoms with Crippen molar-refractivity contribution in [2.75, 3.05) is 13.1 Å². The topological polar surface area (TPSA) is 143 Å². The van der Waals surface area contributed by atoms with Crippen molar-refractivity contribution in [2.45, 2.75) is 50.7 Å². The predicted octanol–water partition coefficient (Wildman–Crippen LogP) is 1.89. The summed E-state index contributed by atoms with van der Waals surface area (Å²) >= 11 is 0. The molecule has 0 saturated heterocycles. The monoisotopic (exact) mass is 461 g/mol. The second kappa shape index (κ2) is 9.57. The number of aromatic amines is 1. The molecule has 0 fully saturated rings. The third kappa shape index (κ3) is 6.44. The van der Waals surface area contributed by atoms with E-state index < -0.39 is 27.8 Å². The highest BCUT2D eigenvalue weighted by Gasteiger charge is 2.26. The fourth-order valence-electron chi connectivity index (χ4n) is 3.04. The van der Waals surface area contributed by atoms with Gasteiger partial charge in [0.1, 0.15) is 5.60 Å². The molecule has 2 aromatic heterocycles. The number of fused-ring (bicyclic) bond motifs is 1. The number of aromatic nitrogens is 5. The first kappa shape index (κ1) is 23.5. The molecule has 3 aromatic rings. The minimum atomic E-state index is -3.80. The Bertz CT molecular complexity index is 1160. The lowest BCUT2D eigenvalue weighted by Gasteiger charge is -2.29. The number of nitrogens with one attached hydrogen (secondary N) is 2. The largest absolute Gasteiger partial charge is 0.444 e. The molecule has 1 aromatic carbocycles. The van der Waals surface area contributed by atoms with E-state index in [9.17, 15) is 13.2 Å². The average molecular weight is 462 g/mol. The molecule has 0 spiro atoms. The van der Waals surface area contributed by atoms with Crippen LogP contribution in [0, 0.1) is 0 Å². The molecule has 0 saturated carbocycles. The highest BCUT2D eigenvalue weighted by atomic mass is 32.2. The molecule has 1 atom stereocenters. The van der Waals surface area contributed by atoms with E-state index in [0.29, 0.717) is 12.2 Å². The van der Waals surface area contributed by atoms with Crippen LogP contribution in [0.3, 0.4) is 0 Å². The average Bonchev–Trinajstić information content (AvgIpc) is 3.22. The first-order chi connectivity index (χ1) is 15.0. The number of ether oxygens (including phenoxy) is 1. The number of tetrazole rings is 1. The molecule has 0 aliphatic carbocycles. The van der Waals surface area contributed by atoms with E-state index in [4.69, 9.17) is 4.74 Å². The highest BCUT2D eigenvalue weighted by Crippen LogP contribution is 2.18. The third-order valence-corrected chi connectivity index (χ3v) is 6.01. The molecule has 0 bridgehead atoms. The van der Waals surface area contributed by atoms with Crippen LogP contribution in [0.1, 0.15) is 33.5 Å². The van der Waals surface area contributed by atoms with Crippen LogP contribution in [0.2, 0.25) is 0 Å². The van der Waals surface area contributed by atoms with E-state index in [1.54, 1.807) is 58.3 Å². The van der Waals surface area contributed by atoms with Crippen molar-refractivity contribution in [1.29, 1.82) is 0 Å². The molecule has 32 heavy (non-hydrogen) atoms. The number of sulfonamides is 1. The quantitative estimate of drug-likeness (QED) is 0.518. The summed E-state index contributed by atoms with van der Waals surface area (Å²) in [5, 5.41) is 15.2. The smallest absolute Gasteiger partial charge is 0.410 e. The predicted molar refractivity (Wildman–Crippen MR) is 117 cm³/mol. The standard InChI is InChI=1S/C20H27N7O4S/c1-14(24-32(29,30)17-6-5-16-12-21-9-7-15(16)11-17)13-27(19(28)31-20(2,3)4)10-8-18-22-25-26-23-18/h5-7,9,11-12,14,24H,8,10,13H2,1-4H3,(H,22,23,25,26)/t14-/m1/s1. The molecule has 0 aliphatic rings. The van der Waals surface area contributed by atoms with Crippen LogP contribution in [0.4, 0.5) is 4.79 Å². The van der Waals surface area contributed by atoms with Crippen molar-refractivity contribution in [3.8, 4) is 0 Å². The number of rotatable bonds is 8. The van der Waals surface area contributed by atoms with Gasteiger partial charge in [-0.25, -0.2) is 17.9 Å². The number of carbonyl (C=O) groups is 1. The number of carbonyl (C=O) groups excluding carboxylic acids is 1. The molecule has 2 N–H and O–H groups in total. The van der Waals surface area contributed by atoms with Crippen molar-refractivity contribution < 1.29 is 17.9 Å². The Morgan fingerprint density at radius 1 is 1.25 bits per heavy atom. The Labute approximate surface area is 186 Å². The summed E-state index contributed by atoms with van der Waals surface area (Å²) in [6.45, 7) is 7.33. The van der Waals surface area contributed by atoms with Gasteiger partial charge in [-0.15, -0.1) is 10.2 Å². The van der Waals surface area contributed by atoms with Crippen LogP contribution >= 0.6 is 0 Å². The number of benzene rings is 1. The fourth-order valence-corrected chi connectivity index (χ4v) is 4.31. The van der Waals surface area contributed by atoms with Crippen LogP contribution in [0.15, 0.2) is 41.6 Å². The van der Waals surface area contributed by atoms with Crippen molar-refractivity contribution in [2.24, 2.45) is 0 Å². The van der Waals surface area contributed by atoms with Crippen LogP contribution < -0.4 is 4.72 Å². The Kier molecular flexibility index (Phi) is 7.04. The number of hydrogen-bond donors (Lipinski definition) is 2. The molecule has 0 radical (unpaired) electrons. The minimum Gasteiger partial charge on any atom is -0.444 e. The Balaban J connectivity index is 1.71. The van der Waals surface area contributed by atoms with E-state index in [1.165, 1.54) is 11.0 Å². The van der Waals surface area contributed by atoms with Crippen molar-refractivity contribution in [3.63, 3.8) is 0 Å². The number of hydrogen-bond acceptors (Lipinski definition) is 8. The summed E-state index contributed by atoms with van der Waals surface area (Å²) in [6, 6.07) is 6.00. The molecule has 0 aliphatic heterocycles. The Morgan fingerprint density at radius 3 is 2.72 bits per heavy atom. The summed E-state index contributed by atoms with van der Waals surface area (Å²) < 4.78 is 33.9. The van der Waals surface area contributed by atoms with E-state index in [2.05, 4.69) is 30.3 Å². The van der Waals surface area contributed by atoms with Gasteiger partial charge in [-0.3, -0.25) is 4.98 Å². The maximum absolute atomic E-state index is 12.9. The summed E-state index contributed by atoms with van der Waals surface area (Å²) in [5.41, 5.74) is -0.690. The van der Waals surface area contributed by atoms with Gasteiger partial charge in [0.25, 0.3) is 0 Å². The van der Waals surface area contributed by atoms with Gasteiger partial charge in [-0.1, -0.05) is 11.3 Å². The van der Waals surface area contributed by atoms with Gasteiger partial charge in [0, 0.05) is 43.3 Å². The first-order valence-corrected chi connectivity index (χ1v) is 11.6. The maximum Gasteiger partial charge on any atom is 0.410 e. The van der Waals surface area contributed by atoms with Crippen LogP contribution in [-0.4, -0.2) is 69.8 Å². The lowest BCUT2D eigenvalue weighted by atomic mass is 10.2. The number of nitrogens with zero attached hydrogens (tertiary/aromatic N) is 5. The summed E-state index contributed by atoms with van der Waals surface area (Å²) in [5.74, 6) is 0.442. The molecule has 1 amide bonds. The van der Waals surface area contributed by atoms with Gasteiger partial charge in [0.2, 0.25) is 10.0 Å². The zero-order valence-corrected chi connectivity index (χ0v) is 19.3. The van der Waals surface area contributed by atoms with Crippen molar-refractivity contribution >= 4 is 26.9 Å². The SMILES string of the molecule is C[C@H](CN(CCc1nn[nH]n1)C(=O)OC(C)(C)C)NS(=O)(=O)c1ccc2cnccc2c1. The Hall–Kier alpha value is -3.12. The molecule has 11 nitrogen and oxygen atoms in total. The van der Waals surface area contributed by atoms with Gasteiger partial charge in [-0.2, -0.15) is 5.21 Å². The number of pyridine rings is 1. The Morgan fingerprint density at radius 2 is 2.03 bits per heavy atom. The normalized spacial score (nSPS) is 13.1. The molecule has 172 valence electrons. The third-order valence-electron chi connectivity index (χ3n) is 4.42. The van der Waals surface area contributed by atoms with E-state index in [0.717, 1.165) is 10.8 Å². The first-order valence-electron chi connectivity index (χ1n) is 10.1. The van der Waals surface area contributed by atoms with Gasteiger partial charge in [0.05, 0.1) is 4.90 Å². The molecule has 2 heterocycles. The highest BCUT2D eigenvalue weighted by molar-refractivity contribution is 7.89. The maximum atomic E-state index is 12.9. The second-order valence-electron chi connectivity index (χ2n) is 8.41. The van der Waals surface area contributed by atoms with Crippen molar-refractivity contribution in [3.05, 3.63) is 42.5 Å². The summed E-state index contributed by atoms with van der Waals surface area (Å²) in [6.07, 6.45) is 3.07. The van der Waals surface area contributed by atoms with Crippen LogP contribution in [0.25, 0.3) is 10.8 Å². The molecular formula is C20H27N7O4S. The van der Waals surface area contributed by atoms with E-state index >= 15 is 0 Å². The van der Waals surface area contributed by atoms with Gasteiger partial charge >= 0.3 is 6.09 Å². The lowest BCUT2D eigenvalue weighted by molar-refractivity contribution is 0.0240. The minimum absolute atomic E-state index is 0.101. The number of H-pyrrole nitrogens is 1. The molecule has 12 heteroatoms. The zero-order valence-electron chi connectivity index (χ0n) is 18.4. The van der Waals surface area contributed by atoms with Gasteiger partial charge < -0.3 is 9.64 Å². The molecule has 3 rings (SSSR count). The molecular weight excluding hydrogens is 434 g/mol. The fraction of sp³-hybridized carbons (Fsp3) is 0.450. The van der Waals surface area contributed by atoms with Gasteiger partial charge in [0.15, 0.2) is 5.82 Å². The van der Waals surface area contributed by atoms with E-state index in [-0.39, 0.29) is 18.0 Å². The lowest BCUT2D eigenvalue weighted by Crippen LogP contribution is -2.46. The molecule has 0 unspecified atom stereocenters. The second-order valence-corrected chi connectivity index (χ2v) is 10.1. The van der Waals surface area contributed by atoms with E-state index in [1.807, 2.05) is 0 Å². The van der Waals surface area contributed by atoms with Crippen molar-refractivity contribution in [1.82, 2.24) is 35.2 Å². The van der Waals surface area contributed by atoms with Gasteiger partial charge in [-0.05, 0) is 51.3 Å². The summed E-state index contributed by atoms with van der Waals surface area (Å²) in [7, 11) is -3.80. The number of amides is 1. The van der Waals surface area contributed by atoms with Crippen LogP contribution in [0.5, 0.6) is 0 Å².